The fourth-order valence-electron chi connectivity index (χ4n) is 3.48. The van der Waals surface area contributed by atoms with Crippen molar-refractivity contribution < 1.29 is 13.2 Å². The third kappa shape index (κ3) is 2.98. The summed E-state index contributed by atoms with van der Waals surface area (Å²) in [5.74, 6) is -0.115. The molecule has 2 fully saturated rings. The van der Waals surface area contributed by atoms with Gasteiger partial charge in [0, 0.05) is 6.54 Å². The summed E-state index contributed by atoms with van der Waals surface area (Å²) in [7, 11) is -3.01. The molecule has 2 saturated heterocycles. The van der Waals surface area contributed by atoms with Gasteiger partial charge in [-0.25, -0.2) is 8.42 Å². The average Bonchev–Trinajstić information content (AvgIpc) is 3.04. The Morgan fingerprint density at radius 1 is 1.29 bits per heavy atom. The molecule has 114 valence electrons. The van der Waals surface area contributed by atoms with Gasteiger partial charge in [-0.05, 0) is 31.7 Å². The largest absolute Gasteiger partial charge is 0.335 e. The molecule has 2 aliphatic heterocycles. The van der Waals surface area contributed by atoms with Gasteiger partial charge < -0.3 is 4.90 Å². The number of benzene rings is 1. The molecule has 3 rings (SSSR count). The van der Waals surface area contributed by atoms with Crippen LogP contribution in [-0.2, 0) is 14.6 Å². The standard InChI is InChI=1S/C16H21NO3S/c1-12-4-2-5-13(10-12)15-6-3-8-17(15)16(18)14-7-9-21(19,20)11-14/h2,4-5,10,14-15H,3,6-9,11H2,1H3/t14-,15-/m0/s1. The number of sulfone groups is 1. The fraction of sp³-hybridized carbons (Fsp3) is 0.562. The number of amides is 1. The van der Waals surface area contributed by atoms with E-state index in [4.69, 9.17) is 0 Å². The molecule has 21 heavy (non-hydrogen) atoms. The van der Waals surface area contributed by atoms with Gasteiger partial charge in [0.2, 0.25) is 5.91 Å². The minimum atomic E-state index is -3.01. The Bertz CT molecular complexity index is 653. The van der Waals surface area contributed by atoms with Crippen LogP contribution >= 0.6 is 0 Å². The molecule has 1 aromatic rings. The molecule has 5 heteroatoms. The zero-order chi connectivity index (χ0) is 15.0. The summed E-state index contributed by atoms with van der Waals surface area (Å²) >= 11 is 0. The number of carbonyl (C=O) groups excluding carboxylic acids is 1. The van der Waals surface area contributed by atoms with E-state index in [-0.39, 0.29) is 29.4 Å². The molecule has 0 aromatic heterocycles. The Morgan fingerprint density at radius 3 is 2.76 bits per heavy atom. The minimum absolute atomic E-state index is 0.0279. The highest BCUT2D eigenvalue weighted by Crippen LogP contribution is 2.35. The van der Waals surface area contributed by atoms with E-state index in [1.54, 1.807) is 0 Å². The number of hydrogen-bond acceptors (Lipinski definition) is 3. The SMILES string of the molecule is Cc1cccc([C@@H]2CCCN2C(=O)[C@H]2CCS(=O)(=O)C2)c1. The van der Waals surface area contributed by atoms with Crippen molar-refractivity contribution in [3.05, 3.63) is 35.4 Å². The maximum Gasteiger partial charge on any atom is 0.227 e. The molecule has 1 amide bonds. The average molecular weight is 307 g/mol. The van der Waals surface area contributed by atoms with Crippen LogP contribution in [0, 0.1) is 12.8 Å². The molecular weight excluding hydrogens is 286 g/mol. The third-order valence-electron chi connectivity index (χ3n) is 4.54. The topological polar surface area (TPSA) is 54.5 Å². The van der Waals surface area contributed by atoms with E-state index in [2.05, 4.69) is 12.1 Å². The van der Waals surface area contributed by atoms with Crippen molar-refractivity contribution in [2.24, 2.45) is 5.92 Å². The van der Waals surface area contributed by atoms with Crippen molar-refractivity contribution >= 4 is 15.7 Å². The van der Waals surface area contributed by atoms with Gasteiger partial charge in [0.05, 0.1) is 23.5 Å². The second kappa shape index (κ2) is 5.44. The first-order valence-corrected chi connectivity index (χ1v) is 9.36. The van der Waals surface area contributed by atoms with Crippen molar-refractivity contribution in [3.8, 4) is 0 Å². The molecule has 2 aliphatic rings. The van der Waals surface area contributed by atoms with Crippen molar-refractivity contribution in [1.82, 2.24) is 4.90 Å². The number of nitrogens with zero attached hydrogens (tertiary/aromatic N) is 1. The number of hydrogen-bond donors (Lipinski definition) is 0. The van der Waals surface area contributed by atoms with E-state index in [0.29, 0.717) is 6.42 Å². The van der Waals surface area contributed by atoms with Gasteiger partial charge in [0.15, 0.2) is 9.84 Å². The normalized spacial score (nSPS) is 28.0. The summed E-state index contributed by atoms with van der Waals surface area (Å²) in [4.78, 5) is 14.6. The minimum Gasteiger partial charge on any atom is -0.335 e. The van der Waals surface area contributed by atoms with Crippen LogP contribution in [0.2, 0.25) is 0 Å². The van der Waals surface area contributed by atoms with Crippen LogP contribution < -0.4 is 0 Å². The quantitative estimate of drug-likeness (QED) is 0.840. The summed E-state index contributed by atoms with van der Waals surface area (Å²) in [5, 5.41) is 0. The van der Waals surface area contributed by atoms with Crippen LogP contribution in [0.5, 0.6) is 0 Å². The second-order valence-corrected chi connectivity index (χ2v) is 8.43. The van der Waals surface area contributed by atoms with E-state index >= 15 is 0 Å². The lowest BCUT2D eigenvalue weighted by Gasteiger charge is -2.27. The lowest BCUT2D eigenvalue weighted by atomic mass is 10.0. The second-order valence-electron chi connectivity index (χ2n) is 6.20. The molecule has 2 atom stereocenters. The van der Waals surface area contributed by atoms with E-state index in [1.807, 2.05) is 24.0 Å². The first-order chi connectivity index (χ1) is 9.96. The van der Waals surface area contributed by atoms with Gasteiger partial charge >= 0.3 is 0 Å². The van der Waals surface area contributed by atoms with Crippen molar-refractivity contribution in [2.75, 3.05) is 18.1 Å². The van der Waals surface area contributed by atoms with Crippen LogP contribution in [0.15, 0.2) is 24.3 Å². The Labute approximate surface area is 126 Å². The van der Waals surface area contributed by atoms with Crippen LogP contribution in [0.25, 0.3) is 0 Å². The van der Waals surface area contributed by atoms with Crippen LogP contribution in [0.4, 0.5) is 0 Å². The van der Waals surface area contributed by atoms with E-state index in [9.17, 15) is 13.2 Å². The van der Waals surface area contributed by atoms with Gasteiger partial charge in [-0.15, -0.1) is 0 Å². The third-order valence-corrected chi connectivity index (χ3v) is 6.31. The van der Waals surface area contributed by atoms with Crippen molar-refractivity contribution in [3.63, 3.8) is 0 Å². The van der Waals surface area contributed by atoms with Gasteiger partial charge in [-0.3, -0.25) is 4.79 Å². The smallest absolute Gasteiger partial charge is 0.227 e. The number of aryl methyl sites for hydroxylation is 1. The van der Waals surface area contributed by atoms with Gasteiger partial charge in [0.25, 0.3) is 0 Å². The summed E-state index contributed by atoms with van der Waals surface area (Å²) in [6, 6.07) is 8.37. The number of carbonyl (C=O) groups is 1. The molecule has 0 N–H and O–H groups in total. The lowest BCUT2D eigenvalue weighted by Crippen LogP contribution is -2.36. The summed E-state index contributed by atoms with van der Waals surface area (Å²) in [5.41, 5.74) is 2.36. The Balaban J connectivity index is 1.80. The highest BCUT2D eigenvalue weighted by molar-refractivity contribution is 7.91. The molecule has 0 aliphatic carbocycles. The molecule has 0 saturated carbocycles. The van der Waals surface area contributed by atoms with E-state index in [0.717, 1.165) is 19.4 Å². The Hall–Kier alpha value is -1.36. The maximum atomic E-state index is 12.7. The lowest BCUT2D eigenvalue weighted by molar-refractivity contribution is -0.135. The molecule has 1 aromatic carbocycles. The number of likely N-dealkylation sites (tertiary alicyclic amines) is 1. The predicted octanol–water partition coefficient (Wildman–Crippen LogP) is 2.09. The highest BCUT2D eigenvalue weighted by atomic mass is 32.2. The molecule has 0 spiro atoms. The highest BCUT2D eigenvalue weighted by Gasteiger charge is 2.39. The summed E-state index contributed by atoms with van der Waals surface area (Å²) in [6.45, 7) is 2.79. The molecule has 0 bridgehead atoms. The first kappa shape index (κ1) is 14.6. The van der Waals surface area contributed by atoms with Gasteiger partial charge in [-0.1, -0.05) is 29.8 Å². The van der Waals surface area contributed by atoms with Gasteiger partial charge in [-0.2, -0.15) is 0 Å². The monoisotopic (exact) mass is 307 g/mol. The van der Waals surface area contributed by atoms with Crippen LogP contribution in [0.1, 0.15) is 36.4 Å². The Kier molecular flexibility index (Phi) is 3.78. The van der Waals surface area contributed by atoms with Gasteiger partial charge in [0.1, 0.15) is 0 Å². The predicted molar refractivity (Wildman–Crippen MR) is 81.6 cm³/mol. The molecule has 0 radical (unpaired) electrons. The molecular formula is C16H21NO3S. The maximum absolute atomic E-state index is 12.7. The van der Waals surface area contributed by atoms with Crippen molar-refractivity contribution in [2.45, 2.75) is 32.2 Å². The van der Waals surface area contributed by atoms with Crippen molar-refractivity contribution in [1.29, 1.82) is 0 Å². The molecule has 0 unspecified atom stereocenters. The van der Waals surface area contributed by atoms with Crippen LogP contribution in [0.3, 0.4) is 0 Å². The summed E-state index contributed by atoms with van der Waals surface area (Å²) < 4.78 is 23.2. The zero-order valence-corrected chi connectivity index (χ0v) is 13.1. The zero-order valence-electron chi connectivity index (χ0n) is 12.3. The molecule has 2 heterocycles. The Morgan fingerprint density at radius 2 is 2.10 bits per heavy atom. The summed E-state index contributed by atoms with van der Waals surface area (Å²) in [6.07, 6.45) is 2.44. The molecule has 4 nitrogen and oxygen atoms in total. The fourth-order valence-corrected chi connectivity index (χ4v) is 5.21. The van der Waals surface area contributed by atoms with Crippen LogP contribution in [-0.4, -0.2) is 37.3 Å². The van der Waals surface area contributed by atoms with E-state index < -0.39 is 9.84 Å². The number of rotatable bonds is 2. The van der Waals surface area contributed by atoms with E-state index in [1.165, 1.54) is 11.1 Å². The first-order valence-electron chi connectivity index (χ1n) is 7.54.